The van der Waals surface area contributed by atoms with E-state index < -0.39 is 11.9 Å². The predicted octanol–water partition coefficient (Wildman–Crippen LogP) is 2.84. The van der Waals surface area contributed by atoms with Crippen molar-refractivity contribution in [1.82, 2.24) is 5.32 Å². The van der Waals surface area contributed by atoms with Crippen LogP contribution < -0.4 is 20.1 Å². The first-order valence-electron chi connectivity index (χ1n) is 7.54. The monoisotopic (exact) mass is 374 g/mol. The minimum atomic E-state index is -1.04. The first-order chi connectivity index (χ1) is 12.4. The molecule has 0 fully saturated rings. The minimum Gasteiger partial charge on any atom is -0.493 e. The third-order valence-corrected chi connectivity index (χ3v) is 3.89. The van der Waals surface area contributed by atoms with Crippen molar-refractivity contribution in [2.75, 3.05) is 19.5 Å². The third kappa shape index (κ3) is 4.28. The molecule has 0 atom stereocenters. The van der Waals surface area contributed by atoms with Crippen LogP contribution >= 0.6 is 12.2 Å². The van der Waals surface area contributed by atoms with Gasteiger partial charge in [-0.25, -0.2) is 4.79 Å². The lowest BCUT2D eigenvalue weighted by Crippen LogP contribution is -2.34. The Morgan fingerprint density at radius 1 is 1.08 bits per heavy atom. The van der Waals surface area contributed by atoms with Crippen molar-refractivity contribution < 1.29 is 24.2 Å². The second-order valence-electron chi connectivity index (χ2n) is 5.26. The molecule has 0 radical (unpaired) electrons. The fourth-order valence-corrected chi connectivity index (χ4v) is 2.51. The standard InChI is InChI=1S/C18H18N2O5S/c1-10-12(17(22)23)5-4-6-13(10)19-18(26)20-16(21)11-7-8-14(24-2)15(9-11)25-3/h4-9H,1-3H3,(H,22,23)(H2,19,20,21,26). The SMILES string of the molecule is COc1ccc(C(=O)NC(=S)Nc2cccc(C(=O)O)c2C)cc1OC. The number of thiocarbonyl (C=S) groups is 1. The first-order valence-corrected chi connectivity index (χ1v) is 7.95. The lowest BCUT2D eigenvalue weighted by atomic mass is 10.1. The number of aromatic carboxylic acids is 1. The summed E-state index contributed by atoms with van der Waals surface area (Å²) in [6.07, 6.45) is 0. The molecule has 2 aromatic rings. The number of carbonyl (C=O) groups is 2. The molecule has 1 amide bonds. The molecule has 0 unspecified atom stereocenters. The van der Waals surface area contributed by atoms with Crippen molar-refractivity contribution in [3.63, 3.8) is 0 Å². The van der Waals surface area contributed by atoms with Crippen LogP contribution in [0.25, 0.3) is 0 Å². The maximum Gasteiger partial charge on any atom is 0.336 e. The van der Waals surface area contributed by atoms with Gasteiger partial charge >= 0.3 is 5.97 Å². The Hall–Kier alpha value is -3.13. The highest BCUT2D eigenvalue weighted by atomic mass is 32.1. The zero-order valence-corrected chi connectivity index (χ0v) is 15.3. The van der Waals surface area contributed by atoms with Crippen molar-refractivity contribution in [2.24, 2.45) is 0 Å². The quantitative estimate of drug-likeness (QED) is 0.693. The molecule has 0 aromatic heterocycles. The lowest BCUT2D eigenvalue weighted by molar-refractivity contribution is 0.0696. The van der Waals surface area contributed by atoms with Crippen LogP contribution in [0, 0.1) is 6.92 Å². The van der Waals surface area contributed by atoms with Crippen LogP contribution in [0.5, 0.6) is 11.5 Å². The number of hydrogen-bond donors (Lipinski definition) is 3. The molecular weight excluding hydrogens is 356 g/mol. The van der Waals surface area contributed by atoms with E-state index in [-0.39, 0.29) is 10.7 Å². The number of hydrogen-bond acceptors (Lipinski definition) is 5. The summed E-state index contributed by atoms with van der Waals surface area (Å²) in [4.78, 5) is 23.5. The highest BCUT2D eigenvalue weighted by molar-refractivity contribution is 7.80. The van der Waals surface area contributed by atoms with E-state index >= 15 is 0 Å². The van der Waals surface area contributed by atoms with E-state index in [1.54, 1.807) is 31.2 Å². The highest BCUT2D eigenvalue weighted by Crippen LogP contribution is 2.27. The number of benzene rings is 2. The smallest absolute Gasteiger partial charge is 0.336 e. The zero-order valence-electron chi connectivity index (χ0n) is 14.5. The van der Waals surface area contributed by atoms with Gasteiger partial charge in [-0.3, -0.25) is 10.1 Å². The molecule has 0 saturated carbocycles. The number of carboxylic acids is 1. The van der Waals surface area contributed by atoms with Crippen LogP contribution in [-0.2, 0) is 0 Å². The number of ether oxygens (including phenoxy) is 2. The molecular formula is C18H18N2O5S. The molecule has 26 heavy (non-hydrogen) atoms. The number of methoxy groups -OCH3 is 2. The van der Waals surface area contributed by atoms with Crippen LogP contribution in [0.3, 0.4) is 0 Å². The van der Waals surface area contributed by atoms with E-state index in [0.29, 0.717) is 28.3 Å². The molecule has 0 aliphatic carbocycles. The Morgan fingerprint density at radius 3 is 2.38 bits per heavy atom. The van der Waals surface area contributed by atoms with E-state index in [1.165, 1.54) is 26.4 Å². The van der Waals surface area contributed by atoms with Crippen LogP contribution in [0.15, 0.2) is 36.4 Å². The van der Waals surface area contributed by atoms with E-state index in [2.05, 4.69) is 10.6 Å². The van der Waals surface area contributed by atoms with E-state index in [1.807, 2.05) is 0 Å². The Labute approximate surface area is 155 Å². The van der Waals surface area contributed by atoms with E-state index in [4.69, 9.17) is 26.8 Å². The van der Waals surface area contributed by atoms with Gasteiger partial charge in [0.1, 0.15) is 0 Å². The summed E-state index contributed by atoms with van der Waals surface area (Å²) in [6.45, 7) is 1.66. The molecule has 0 spiro atoms. The number of rotatable bonds is 5. The Kier molecular flexibility index (Phi) is 6.13. The molecule has 0 bridgehead atoms. The van der Waals surface area contributed by atoms with Gasteiger partial charge in [0.2, 0.25) is 0 Å². The van der Waals surface area contributed by atoms with Crippen molar-refractivity contribution in [2.45, 2.75) is 6.92 Å². The summed E-state index contributed by atoms with van der Waals surface area (Å²) >= 11 is 5.14. The first kappa shape index (κ1) is 19.2. The third-order valence-electron chi connectivity index (χ3n) is 3.69. The van der Waals surface area contributed by atoms with Crippen LogP contribution in [-0.4, -0.2) is 36.3 Å². The second-order valence-corrected chi connectivity index (χ2v) is 5.67. The van der Waals surface area contributed by atoms with Crippen LogP contribution in [0.2, 0.25) is 0 Å². The van der Waals surface area contributed by atoms with Crippen molar-refractivity contribution in [3.05, 3.63) is 53.1 Å². The Morgan fingerprint density at radius 2 is 1.77 bits per heavy atom. The molecule has 3 N–H and O–H groups in total. The number of nitrogens with one attached hydrogen (secondary N) is 2. The number of carboxylic acid groups (broad SMARTS) is 1. The molecule has 0 aliphatic rings. The number of carbonyl (C=O) groups excluding carboxylic acids is 1. The summed E-state index contributed by atoms with van der Waals surface area (Å²) in [6, 6.07) is 9.50. The summed E-state index contributed by atoms with van der Waals surface area (Å²) in [7, 11) is 2.98. The topological polar surface area (TPSA) is 96.9 Å². The van der Waals surface area contributed by atoms with Gasteiger partial charge in [-0.05, 0) is 55.0 Å². The molecule has 0 saturated heterocycles. The van der Waals surface area contributed by atoms with Crippen molar-refractivity contribution in [1.29, 1.82) is 0 Å². The van der Waals surface area contributed by atoms with Crippen molar-refractivity contribution in [3.8, 4) is 11.5 Å². The summed E-state index contributed by atoms with van der Waals surface area (Å²) in [5.74, 6) is -0.545. The van der Waals surface area contributed by atoms with E-state index in [0.717, 1.165) is 0 Å². The molecule has 0 heterocycles. The number of anilines is 1. The van der Waals surface area contributed by atoms with Gasteiger partial charge in [-0.1, -0.05) is 6.07 Å². The lowest BCUT2D eigenvalue weighted by Gasteiger charge is -2.14. The van der Waals surface area contributed by atoms with E-state index in [9.17, 15) is 9.59 Å². The molecule has 8 heteroatoms. The summed E-state index contributed by atoms with van der Waals surface area (Å²) < 4.78 is 10.3. The van der Waals surface area contributed by atoms with Gasteiger partial charge in [-0.2, -0.15) is 0 Å². The summed E-state index contributed by atoms with van der Waals surface area (Å²) in [5, 5.41) is 14.6. The molecule has 0 aliphatic heterocycles. The molecule has 2 rings (SSSR count). The Balaban J connectivity index is 2.12. The predicted molar refractivity (Wildman–Crippen MR) is 101 cm³/mol. The molecule has 7 nitrogen and oxygen atoms in total. The number of amides is 1. The Bertz CT molecular complexity index is 867. The fourth-order valence-electron chi connectivity index (χ4n) is 2.31. The summed E-state index contributed by atoms with van der Waals surface area (Å²) in [5.41, 5.74) is 1.51. The van der Waals surface area contributed by atoms with Gasteiger partial charge in [0.05, 0.1) is 19.8 Å². The highest BCUT2D eigenvalue weighted by Gasteiger charge is 2.14. The largest absolute Gasteiger partial charge is 0.493 e. The van der Waals surface area contributed by atoms with Crippen molar-refractivity contribution >= 4 is 34.9 Å². The normalized spacial score (nSPS) is 9.96. The van der Waals surface area contributed by atoms with Gasteiger partial charge in [0, 0.05) is 11.3 Å². The molecule has 136 valence electrons. The van der Waals surface area contributed by atoms with Gasteiger partial charge in [0.25, 0.3) is 5.91 Å². The van der Waals surface area contributed by atoms with Crippen LogP contribution in [0.4, 0.5) is 5.69 Å². The van der Waals surface area contributed by atoms with Gasteiger partial charge < -0.3 is 19.9 Å². The average Bonchev–Trinajstić information content (AvgIpc) is 2.62. The average molecular weight is 374 g/mol. The van der Waals surface area contributed by atoms with Gasteiger partial charge in [0.15, 0.2) is 16.6 Å². The van der Waals surface area contributed by atoms with Gasteiger partial charge in [-0.15, -0.1) is 0 Å². The second kappa shape index (κ2) is 8.30. The maximum absolute atomic E-state index is 12.3. The maximum atomic E-state index is 12.3. The zero-order chi connectivity index (χ0) is 19.3. The van der Waals surface area contributed by atoms with Crippen LogP contribution in [0.1, 0.15) is 26.3 Å². The minimum absolute atomic E-state index is 0.0513. The molecule has 2 aromatic carbocycles. The fraction of sp³-hybridized carbons (Fsp3) is 0.167.